The lowest BCUT2D eigenvalue weighted by Gasteiger charge is -2.26. The quantitative estimate of drug-likeness (QED) is 0.881. The van der Waals surface area contributed by atoms with Gasteiger partial charge in [0.15, 0.2) is 0 Å². The molecule has 2 atom stereocenters. The molecule has 0 aromatic heterocycles. The zero-order valence-electron chi connectivity index (χ0n) is 10.8. The summed E-state index contributed by atoms with van der Waals surface area (Å²) in [6.07, 6.45) is 3.96. The van der Waals surface area contributed by atoms with Crippen LogP contribution in [0, 0.1) is 0 Å². The van der Waals surface area contributed by atoms with Crippen molar-refractivity contribution in [2.75, 3.05) is 5.75 Å². The Morgan fingerprint density at radius 1 is 1.50 bits per heavy atom. The Hall–Kier alpha value is -0.960. The Morgan fingerprint density at radius 2 is 2.28 bits per heavy atom. The lowest BCUT2D eigenvalue weighted by atomic mass is 9.84. The molecule has 1 N–H and O–H groups in total. The van der Waals surface area contributed by atoms with Crippen LogP contribution in [-0.2, 0) is 11.2 Å². The zero-order valence-corrected chi connectivity index (χ0v) is 11.6. The molecule has 98 valence electrons. The molecule has 0 saturated carbocycles. The highest BCUT2D eigenvalue weighted by atomic mass is 32.2. The summed E-state index contributed by atoms with van der Waals surface area (Å²) >= 11 is 1.79. The molecule has 0 heterocycles. The van der Waals surface area contributed by atoms with E-state index in [1.807, 2.05) is 6.92 Å². The SMILES string of the molecule is CC(CC(=O)O)SCC1CCCc2ccccc21. The van der Waals surface area contributed by atoms with Crippen LogP contribution in [0.2, 0.25) is 0 Å². The van der Waals surface area contributed by atoms with Gasteiger partial charge in [0.1, 0.15) is 0 Å². The zero-order chi connectivity index (χ0) is 13.0. The second-order valence-electron chi connectivity index (χ2n) is 5.03. The standard InChI is InChI=1S/C15H20O2S/c1-11(9-15(16)17)18-10-13-7-4-6-12-5-2-3-8-14(12)13/h2-3,5,8,11,13H,4,6-7,9-10H2,1H3,(H,16,17). The maximum absolute atomic E-state index is 10.6. The number of carboxylic acids is 1. The van der Waals surface area contributed by atoms with Crippen LogP contribution in [0.1, 0.15) is 43.2 Å². The van der Waals surface area contributed by atoms with Crippen LogP contribution in [0.25, 0.3) is 0 Å². The van der Waals surface area contributed by atoms with Gasteiger partial charge in [-0.05, 0) is 36.3 Å². The van der Waals surface area contributed by atoms with Gasteiger partial charge < -0.3 is 5.11 Å². The number of carbonyl (C=O) groups is 1. The van der Waals surface area contributed by atoms with E-state index in [1.54, 1.807) is 11.8 Å². The number of aliphatic carboxylic acids is 1. The first-order valence-corrected chi connectivity index (χ1v) is 7.63. The predicted molar refractivity (Wildman–Crippen MR) is 76.3 cm³/mol. The number of carboxylic acid groups (broad SMARTS) is 1. The molecule has 0 bridgehead atoms. The summed E-state index contributed by atoms with van der Waals surface area (Å²) in [7, 11) is 0. The largest absolute Gasteiger partial charge is 0.481 e. The van der Waals surface area contributed by atoms with Crippen molar-refractivity contribution < 1.29 is 9.90 Å². The Kier molecular flexibility index (Phi) is 4.70. The van der Waals surface area contributed by atoms with E-state index in [1.165, 1.54) is 30.4 Å². The average Bonchev–Trinajstić information content (AvgIpc) is 2.35. The van der Waals surface area contributed by atoms with Crippen LogP contribution in [-0.4, -0.2) is 22.1 Å². The van der Waals surface area contributed by atoms with Gasteiger partial charge in [0, 0.05) is 11.0 Å². The summed E-state index contributed by atoms with van der Waals surface area (Å²) in [6, 6.07) is 8.69. The molecule has 2 rings (SSSR count). The minimum atomic E-state index is -0.695. The Labute approximate surface area is 113 Å². The van der Waals surface area contributed by atoms with E-state index in [4.69, 9.17) is 5.11 Å². The summed E-state index contributed by atoms with van der Waals surface area (Å²) in [5.41, 5.74) is 2.97. The number of aryl methyl sites for hydroxylation is 1. The van der Waals surface area contributed by atoms with Crippen LogP contribution in [0.15, 0.2) is 24.3 Å². The number of rotatable bonds is 5. The highest BCUT2D eigenvalue weighted by Gasteiger charge is 2.20. The first-order valence-electron chi connectivity index (χ1n) is 6.58. The summed E-state index contributed by atoms with van der Waals surface area (Å²) in [6.45, 7) is 2.01. The van der Waals surface area contributed by atoms with E-state index in [0.29, 0.717) is 5.92 Å². The highest BCUT2D eigenvalue weighted by Crippen LogP contribution is 2.34. The molecule has 18 heavy (non-hydrogen) atoms. The first-order chi connectivity index (χ1) is 8.66. The van der Waals surface area contributed by atoms with Crippen molar-refractivity contribution in [1.82, 2.24) is 0 Å². The van der Waals surface area contributed by atoms with E-state index in [2.05, 4.69) is 24.3 Å². The van der Waals surface area contributed by atoms with Gasteiger partial charge >= 0.3 is 5.97 Å². The van der Waals surface area contributed by atoms with E-state index in [-0.39, 0.29) is 11.7 Å². The predicted octanol–water partition coefficient (Wildman–Crippen LogP) is 3.70. The van der Waals surface area contributed by atoms with E-state index >= 15 is 0 Å². The molecule has 0 aliphatic heterocycles. The van der Waals surface area contributed by atoms with Crippen LogP contribution in [0.4, 0.5) is 0 Å². The molecule has 0 spiro atoms. The summed E-state index contributed by atoms with van der Waals surface area (Å²) in [4.78, 5) is 10.6. The van der Waals surface area contributed by atoms with Crippen molar-refractivity contribution in [3.05, 3.63) is 35.4 Å². The van der Waals surface area contributed by atoms with Gasteiger partial charge in [-0.1, -0.05) is 31.2 Å². The number of fused-ring (bicyclic) bond motifs is 1. The van der Waals surface area contributed by atoms with Crippen LogP contribution in [0.5, 0.6) is 0 Å². The molecule has 3 heteroatoms. The molecule has 1 aliphatic carbocycles. The summed E-state index contributed by atoms with van der Waals surface area (Å²) < 4.78 is 0. The molecule has 0 saturated heterocycles. The Balaban J connectivity index is 1.93. The Morgan fingerprint density at radius 3 is 3.06 bits per heavy atom. The van der Waals surface area contributed by atoms with Crippen LogP contribution < -0.4 is 0 Å². The topological polar surface area (TPSA) is 37.3 Å². The monoisotopic (exact) mass is 264 g/mol. The van der Waals surface area contributed by atoms with Gasteiger partial charge in [-0.3, -0.25) is 4.79 Å². The Bertz CT molecular complexity index is 417. The molecule has 0 fully saturated rings. The fourth-order valence-corrected chi connectivity index (χ4v) is 3.78. The molecule has 0 amide bonds. The first kappa shape index (κ1) is 13.5. The molecule has 2 nitrogen and oxygen atoms in total. The van der Waals surface area contributed by atoms with Gasteiger partial charge in [0.2, 0.25) is 0 Å². The smallest absolute Gasteiger partial charge is 0.304 e. The molecule has 1 aliphatic rings. The fourth-order valence-electron chi connectivity index (χ4n) is 2.61. The number of thioether (sulfide) groups is 1. The normalized spacial score (nSPS) is 20.2. The maximum atomic E-state index is 10.6. The molecular formula is C15H20O2S. The van der Waals surface area contributed by atoms with E-state index < -0.39 is 5.97 Å². The summed E-state index contributed by atoms with van der Waals surface area (Å²) in [5, 5.41) is 8.97. The molecular weight excluding hydrogens is 244 g/mol. The maximum Gasteiger partial charge on any atom is 0.304 e. The van der Waals surface area contributed by atoms with Gasteiger partial charge in [0.05, 0.1) is 6.42 Å². The van der Waals surface area contributed by atoms with Crippen molar-refractivity contribution in [2.24, 2.45) is 0 Å². The van der Waals surface area contributed by atoms with Crippen molar-refractivity contribution in [3.8, 4) is 0 Å². The number of hydrogen-bond acceptors (Lipinski definition) is 2. The van der Waals surface area contributed by atoms with Crippen molar-refractivity contribution in [2.45, 2.75) is 43.8 Å². The minimum absolute atomic E-state index is 0.205. The van der Waals surface area contributed by atoms with Crippen molar-refractivity contribution in [3.63, 3.8) is 0 Å². The van der Waals surface area contributed by atoms with Crippen LogP contribution >= 0.6 is 11.8 Å². The second-order valence-corrected chi connectivity index (χ2v) is 6.50. The van der Waals surface area contributed by atoms with Crippen molar-refractivity contribution in [1.29, 1.82) is 0 Å². The molecule has 0 radical (unpaired) electrons. The second kappa shape index (κ2) is 6.28. The van der Waals surface area contributed by atoms with Crippen molar-refractivity contribution >= 4 is 17.7 Å². The minimum Gasteiger partial charge on any atom is -0.481 e. The average molecular weight is 264 g/mol. The van der Waals surface area contributed by atoms with Gasteiger partial charge in [-0.25, -0.2) is 0 Å². The van der Waals surface area contributed by atoms with Gasteiger partial charge in [0.25, 0.3) is 0 Å². The van der Waals surface area contributed by atoms with Crippen LogP contribution in [0.3, 0.4) is 0 Å². The number of benzene rings is 1. The molecule has 2 unspecified atom stereocenters. The third-order valence-electron chi connectivity index (χ3n) is 3.54. The third-order valence-corrected chi connectivity index (χ3v) is 4.87. The van der Waals surface area contributed by atoms with Gasteiger partial charge in [-0.15, -0.1) is 0 Å². The highest BCUT2D eigenvalue weighted by molar-refractivity contribution is 7.99. The lowest BCUT2D eigenvalue weighted by Crippen LogP contribution is -2.14. The third kappa shape index (κ3) is 3.52. The van der Waals surface area contributed by atoms with E-state index in [9.17, 15) is 4.79 Å². The molecule has 1 aromatic carbocycles. The number of hydrogen-bond donors (Lipinski definition) is 1. The lowest BCUT2D eigenvalue weighted by molar-refractivity contribution is -0.136. The summed E-state index contributed by atoms with van der Waals surface area (Å²) in [5.74, 6) is 0.959. The van der Waals surface area contributed by atoms with E-state index in [0.717, 1.165) is 5.75 Å². The van der Waals surface area contributed by atoms with Gasteiger partial charge in [-0.2, -0.15) is 11.8 Å². The molecule has 1 aromatic rings. The fraction of sp³-hybridized carbons (Fsp3) is 0.533.